The summed E-state index contributed by atoms with van der Waals surface area (Å²) in [6.07, 6.45) is 0. The normalized spacial score (nSPS) is 9.67. The molecule has 8 nitrogen and oxygen atoms in total. The second kappa shape index (κ2) is 8.62. The molecule has 0 aliphatic rings. The SMILES string of the molecule is O=S(=O)([O-])[O-].O=S(=O)([O-])[O-].[Fe+2].[Mg+2]. The van der Waals surface area contributed by atoms with Crippen LogP contribution in [-0.4, -0.2) is 58.1 Å². The van der Waals surface area contributed by atoms with E-state index in [2.05, 4.69) is 0 Å². The van der Waals surface area contributed by atoms with Crippen molar-refractivity contribution in [2.24, 2.45) is 0 Å². The van der Waals surface area contributed by atoms with E-state index in [1.165, 1.54) is 0 Å². The van der Waals surface area contributed by atoms with Gasteiger partial charge < -0.3 is 18.2 Å². The fourth-order valence-corrected chi connectivity index (χ4v) is 0. The molecule has 0 bridgehead atoms. The molecule has 12 heteroatoms. The Balaban J connectivity index is -0.0000000457. The Hall–Kier alpha value is 1.03. The maximum absolute atomic E-state index is 8.52. The number of hydrogen-bond donors (Lipinski definition) is 0. The van der Waals surface area contributed by atoms with Crippen LogP contribution >= 0.6 is 0 Å². The zero-order valence-electron chi connectivity index (χ0n) is 5.14. The molecule has 0 N–H and O–H groups in total. The quantitative estimate of drug-likeness (QED) is 0.255. The molecule has 0 radical (unpaired) electrons. The maximum atomic E-state index is 8.52. The van der Waals surface area contributed by atoms with E-state index in [1.54, 1.807) is 0 Å². The van der Waals surface area contributed by atoms with Crippen LogP contribution in [0, 0.1) is 0 Å². The summed E-state index contributed by atoms with van der Waals surface area (Å²) >= 11 is 0. The van der Waals surface area contributed by atoms with Gasteiger partial charge in [0.1, 0.15) is 0 Å². The Morgan fingerprint density at radius 1 is 0.667 bits per heavy atom. The van der Waals surface area contributed by atoms with Gasteiger partial charge in [-0.15, -0.1) is 0 Å². The Kier molecular flexibility index (Phi) is 16.6. The standard InChI is InChI=1S/Fe.Mg.2H2O4S/c;;2*1-5(2,3)4/h;;2*(H2,1,2,3,4)/q2*+2;;/p-4. The molecule has 70 valence electrons. The van der Waals surface area contributed by atoms with E-state index in [0.717, 1.165) is 0 Å². The van der Waals surface area contributed by atoms with Crippen LogP contribution < -0.4 is 0 Å². The van der Waals surface area contributed by atoms with E-state index >= 15 is 0 Å². The van der Waals surface area contributed by atoms with Crippen LogP contribution in [0.2, 0.25) is 0 Å². The average molecular weight is 272 g/mol. The van der Waals surface area contributed by atoms with Crippen molar-refractivity contribution in [1.29, 1.82) is 0 Å². The first-order valence-corrected chi connectivity index (χ1v) is 4.00. The van der Waals surface area contributed by atoms with Gasteiger partial charge in [-0.1, -0.05) is 0 Å². The summed E-state index contributed by atoms with van der Waals surface area (Å²) in [6.45, 7) is 0. The summed E-state index contributed by atoms with van der Waals surface area (Å²) in [5, 5.41) is 0. The first-order chi connectivity index (χ1) is 4.00. The van der Waals surface area contributed by atoms with E-state index in [4.69, 9.17) is 35.0 Å². The molecule has 0 aliphatic carbocycles. The molecular formula is FeMgO8S2. The summed E-state index contributed by atoms with van der Waals surface area (Å²) in [4.78, 5) is 0. The third-order valence-electron chi connectivity index (χ3n) is 0. The summed E-state index contributed by atoms with van der Waals surface area (Å²) < 4.78 is 68.2. The van der Waals surface area contributed by atoms with Gasteiger partial charge >= 0.3 is 40.1 Å². The van der Waals surface area contributed by atoms with Gasteiger partial charge in [0.25, 0.3) is 0 Å². The molecule has 0 heterocycles. The van der Waals surface area contributed by atoms with Crippen molar-refractivity contribution in [2.75, 3.05) is 0 Å². The molecule has 0 spiro atoms. The Morgan fingerprint density at radius 3 is 0.667 bits per heavy atom. The van der Waals surface area contributed by atoms with Gasteiger partial charge in [0.05, 0.1) is 0 Å². The third-order valence-corrected chi connectivity index (χ3v) is 0. The minimum atomic E-state index is -5.17. The predicted molar refractivity (Wildman–Crippen MR) is 26.7 cm³/mol. The Bertz CT molecular complexity index is 213. The molecule has 0 unspecified atom stereocenters. The van der Waals surface area contributed by atoms with Gasteiger partial charge in [0, 0.05) is 20.8 Å². The average Bonchev–Trinajstić information content (AvgIpc) is 1.12. The van der Waals surface area contributed by atoms with E-state index in [9.17, 15) is 0 Å². The summed E-state index contributed by atoms with van der Waals surface area (Å²) in [7, 11) is -10.3. The molecule has 0 aliphatic heterocycles. The van der Waals surface area contributed by atoms with Crippen LogP contribution in [0.5, 0.6) is 0 Å². The van der Waals surface area contributed by atoms with Crippen molar-refractivity contribution < 1.29 is 52.1 Å². The van der Waals surface area contributed by atoms with Crippen molar-refractivity contribution in [3.05, 3.63) is 0 Å². The first kappa shape index (κ1) is 23.1. The van der Waals surface area contributed by atoms with Gasteiger partial charge in [0.2, 0.25) is 0 Å². The van der Waals surface area contributed by atoms with Crippen LogP contribution in [-0.2, 0) is 37.9 Å². The zero-order valence-corrected chi connectivity index (χ0v) is 9.29. The topological polar surface area (TPSA) is 161 Å². The van der Waals surface area contributed by atoms with Crippen LogP contribution in [0.1, 0.15) is 0 Å². The fraction of sp³-hybridized carbons (Fsp3) is 0. The zero-order chi connectivity index (χ0) is 9.00. The summed E-state index contributed by atoms with van der Waals surface area (Å²) in [6, 6.07) is 0. The van der Waals surface area contributed by atoms with Crippen molar-refractivity contribution >= 4 is 43.9 Å². The molecule has 12 heavy (non-hydrogen) atoms. The molecule has 0 rings (SSSR count). The maximum Gasteiger partial charge on any atom is 2.00 e. The van der Waals surface area contributed by atoms with E-state index in [0.29, 0.717) is 0 Å². The smallest absolute Gasteiger partial charge is 0.759 e. The van der Waals surface area contributed by atoms with Gasteiger partial charge in [-0.2, -0.15) is 0 Å². The molecule has 0 aromatic heterocycles. The molecule has 0 saturated heterocycles. The Morgan fingerprint density at radius 2 is 0.667 bits per heavy atom. The van der Waals surface area contributed by atoms with Crippen molar-refractivity contribution in [3.63, 3.8) is 0 Å². The fourth-order valence-electron chi connectivity index (χ4n) is 0. The van der Waals surface area contributed by atoms with Crippen LogP contribution in [0.25, 0.3) is 0 Å². The molecule has 0 atom stereocenters. The van der Waals surface area contributed by atoms with Gasteiger partial charge in [-0.05, 0) is 0 Å². The van der Waals surface area contributed by atoms with Gasteiger partial charge in [-0.25, -0.2) is 0 Å². The molecule has 0 fully saturated rings. The number of hydrogen-bond acceptors (Lipinski definition) is 8. The molecular weight excluding hydrogens is 272 g/mol. The van der Waals surface area contributed by atoms with E-state index in [1.807, 2.05) is 0 Å². The second-order valence-corrected chi connectivity index (χ2v) is 2.45. The molecule has 0 amide bonds. The minimum Gasteiger partial charge on any atom is -0.759 e. The van der Waals surface area contributed by atoms with Crippen LogP contribution in [0.15, 0.2) is 0 Å². The van der Waals surface area contributed by atoms with Crippen molar-refractivity contribution in [1.82, 2.24) is 0 Å². The van der Waals surface area contributed by atoms with Crippen molar-refractivity contribution in [2.45, 2.75) is 0 Å². The van der Waals surface area contributed by atoms with Crippen LogP contribution in [0.4, 0.5) is 0 Å². The van der Waals surface area contributed by atoms with E-state index < -0.39 is 20.8 Å². The second-order valence-electron chi connectivity index (χ2n) is 0.816. The molecule has 0 aromatic carbocycles. The van der Waals surface area contributed by atoms with Gasteiger partial charge in [0.15, 0.2) is 0 Å². The monoisotopic (exact) mass is 272 g/mol. The summed E-state index contributed by atoms with van der Waals surface area (Å²) in [5.74, 6) is 0. The van der Waals surface area contributed by atoms with Gasteiger partial charge in [-0.3, -0.25) is 16.8 Å². The van der Waals surface area contributed by atoms with Crippen LogP contribution in [0.3, 0.4) is 0 Å². The largest absolute Gasteiger partial charge is 2.00 e. The molecule has 0 aromatic rings. The van der Waals surface area contributed by atoms with Crippen molar-refractivity contribution in [3.8, 4) is 0 Å². The van der Waals surface area contributed by atoms with E-state index in [-0.39, 0.29) is 40.1 Å². The summed E-state index contributed by atoms with van der Waals surface area (Å²) in [5.41, 5.74) is 0. The number of rotatable bonds is 0. The minimum absolute atomic E-state index is 0. The third kappa shape index (κ3) is 1050. The Labute approximate surface area is 95.5 Å². The molecule has 0 saturated carbocycles. The predicted octanol–water partition coefficient (Wildman–Crippen LogP) is -3.06. The first-order valence-electron chi connectivity index (χ1n) is 1.33.